The second kappa shape index (κ2) is 8.22. The monoisotopic (exact) mass is 403 g/mol. The number of nitriles is 1. The van der Waals surface area contributed by atoms with E-state index in [0.717, 1.165) is 14.9 Å². The van der Waals surface area contributed by atoms with Gasteiger partial charge in [0.25, 0.3) is 5.91 Å². The van der Waals surface area contributed by atoms with Gasteiger partial charge in [-0.2, -0.15) is 5.26 Å². The Morgan fingerprint density at radius 1 is 1.25 bits per heavy atom. The van der Waals surface area contributed by atoms with Crippen molar-refractivity contribution in [3.63, 3.8) is 0 Å². The minimum atomic E-state index is -0.223. The van der Waals surface area contributed by atoms with Crippen LogP contribution in [0, 0.1) is 18.3 Å². The third-order valence-electron chi connectivity index (χ3n) is 3.22. The fraction of sp³-hybridized carbons (Fsp3) is 0.222. The molecule has 0 radical (unpaired) electrons. The Kier molecular flexibility index (Phi) is 6.29. The molecule has 124 valence electrons. The number of carbonyl (C=O) groups is 1. The van der Waals surface area contributed by atoms with E-state index in [-0.39, 0.29) is 5.91 Å². The number of halogens is 1. The Bertz CT molecular complexity index is 799. The molecule has 0 saturated heterocycles. The van der Waals surface area contributed by atoms with E-state index in [9.17, 15) is 10.1 Å². The molecule has 0 aliphatic heterocycles. The van der Waals surface area contributed by atoms with Crippen molar-refractivity contribution < 1.29 is 4.79 Å². The van der Waals surface area contributed by atoms with Gasteiger partial charge >= 0.3 is 0 Å². The topological polar surface area (TPSA) is 64.9 Å². The summed E-state index contributed by atoms with van der Waals surface area (Å²) in [5.74, 6) is -0.223. The number of anilines is 1. The minimum Gasteiger partial charge on any atom is -0.298 e. The lowest BCUT2D eigenvalue weighted by molar-refractivity contribution is 0.0962. The molecule has 24 heavy (non-hydrogen) atoms. The van der Waals surface area contributed by atoms with Crippen molar-refractivity contribution in [2.24, 2.45) is 0 Å². The molecular weight excluding hydrogens is 386 g/mol. The van der Waals surface area contributed by atoms with Crippen molar-refractivity contribution >= 4 is 39.3 Å². The molecular formula is C18H18BrN3OS. The van der Waals surface area contributed by atoms with Gasteiger partial charge in [-0.05, 0) is 48.9 Å². The molecule has 2 rings (SSSR count). The second-order valence-corrected chi connectivity index (χ2v) is 8.06. The Labute approximate surface area is 154 Å². The quantitative estimate of drug-likeness (QED) is 0.550. The molecule has 0 heterocycles. The van der Waals surface area contributed by atoms with Crippen LogP contribution in [0.15, 0.2) is 45.8 Å². The number of carbonyl (C=O) groups excluding carboxylic acids is 1. The molecule has 0 unspecified atom stereocenters. The zero-order valence-electron chi connectivity index (χ0n) is 13.7. The van der Waals surface area contributed by atoms with Crippen LogP contribution in [0.25, 0.3) is 0 Å². The van der Waals surface area contributed by atoms with Crippen molar-refractivity contribution in [1.82, 2.24) is 5.43 Å². The summed E-state index contributed by atoms with van der Waals surface area (Å²) < 4.78 is 0.932. The van der Waals surface area contributed by atoms with Gasteiger partial charge in [-0.25, -0.2) is 0 Å². The number of aryl methyl sites for hydroxylation is 1. The molecule has 4 nitrogen and oxygen atoms in total. The Morgan fingerprint density at radius 2 is 2.00 bits per heavy atom. The van der Waals surface area contributed by atoms with E-state index >= 15 is 0 Å². The van der Waals surface area contributed by atoms with Crippen LogP contribution in [-0.4, -0.2) is 11.2 Å². The van der Waals surface area contributed by atoms with Crippen LogP contribution in [0.5, 0.6) is 0 Å². The van der Waals surface area contributed by atoms with Gasteiger partial charge in [0.05, 0.1) is 11.3 Å². The van der Waals surface area contributed by atoms with Gasteiger partial charge in [-0.3, -0.25) is 15.6 Å². The minimum absolute atomic E-state index is 0.223. The predicted octanol–water partition coefficient (Wildman–Crippen LogP) is 4.89. The van der Waals surface area contributed by atoms with Crippen LogP contribution in [0.2, 0.25) is 0 Å². The Hall–Kier alpha value is -1.97. The zero-order valence-corrected chi connectivity index (χ0v) is 16.1. The van der Waals surface area contributed by atoms with Gasteiger partial charge < -0.3 is 0 Å². The van der Waals surface area contributed by atoms with Crippen molar-refractivity contribution in [3.8, 4) is 6.07 Å². The highest BCUT2D eigenvalue weighted by Gasteiger charge is 2.10. The molecule has 0 atom stereocenters. The average Bonchev–Trinajstić information content (AvgIpc) is 2.53. The van der Waals surface area contributed by atoms with Gasteiger partial charge in [0, 0.05) is 20.2 Å². The summed E-state index contributed by atoms with van der Waals surface area (Å²) in [6.45, 7) is 6.04. The van der Waals surface area contributed by atoms with Gasteiger partial charge in [0.2, 0.25) is 0 Å². The molecule has 0 saturated carbocycles. The molecule has 0 aliphatic rings. The molecule has 1 amide bonds. The van der Waals surface area contributed by atoms with Gasteiger partial charge in [0.1, 0.15) is 6.07 Å². The third kappa shape index (κ3) is 4.76. The lowest BCUT2D eigenvalue weighted by Crippen LogP contribution is -2.29. The summed E-state index contributed by atoms with van der Waals surface area (Å²) in [6.07, 6.45) is 0. The highest BCUT2D eigenvalue weighted by Crippen LogP contribution is 2.28. The Balaban J connectivity index is 2.09. The number of nitrogens with one attached hydrogen (secondary N) is 2. The standard InChI is InChI=1S/C18H18BrN3OS/c1-11(2)24-17-7-5-15(9-13(17)10-20)21-22-18(23)16-6-4-14(19)8-12(16)3/h4-9,11,21H,1-3H3,(H,22,23). The van der Waals surface area contributed by atoms with Crippen LogP contribution < -0.4 is 10.9 Å². The molecule has 0 bridgehead atoms. The van der Waals surface area contributed by atoms with Gasteiger partial charge in [0.15, 0.2) is 0 Å². The number of amides is 1. The lowest BCUT2D eigenvalue weighted by atomic mass is 10.1. The largest absolute Gasteiger partial charge is 0.298 e. The van der Waals surface area contributed by atoms with Crippen LogP contribution in [0.1, 0.15) is 35.3 Å². The van der Waals surface area contributed by atoms with E-state index in [1.807, 2.05) is 31.2 Å². The first-order valence-electron chi connectivity index (χ1n) is 7.44. The van der Waals surface area contributed by atoms with E-state index in [2.05, 4.69) is 46.7 Å². The first-order chi connectivity index (χ1) is 11.4. The highest BCUT2D eigenvalue weighted by atomic mass is 79.9. The number of benzene rings is 2. The van der Waals surface area contributed by atoms with Crippen LogP contribution >= 0.6 is 27.7 Å². The molecule has 0 spiro atoms. The predicted molar refractivity (Wildman–Crippen MR) is 102 cm³/mol. The zero-order chi connectivity index (χ0) is 17.7. The molecule has 6 heteroatoms. The highest BCUT2D eigenvalue weighted by molar-refractivity contribution is 9.10. The van der Waals surface area contributed by atoms with E-state index in [4.69, 9.17) is 0 Å². The number of rotatable bonds is 5. The normalized spacial score (nSPS) is 10.3. The molecule has 0 aromatic heterocycles. The van der Waals surface area contributed by atoms with Gasteiger partial charge in [-0.15, -0.1) is 11.8 Å². The molecule has 0 aliphatic carbocycles. The average molecular weight is 404 g/mol. The number of nitrogens with zero attached hydrogens (tertiary/aromatic N) is 1. The summed E-state index contributed by atoms with van der Waals surface area (Å²) >= 11 is 5.02. The third-order valence-corrected chi connectivity index (χ3v) is 4.79. The second-order valence-electron chi connectivity index (χ2n) is 5.53. The summed E-state index contributed by atoms with van der Waals surface area (Å²) in [7, 11) is 0. The van der Waals surface area contributed by atoms with E-state index < -0.39 is 0 Å². The maximum absolute atomic E-state index is 12.3. The van der Waals surface area contributed by atoms with E-state index in [1.165, 1.54) is 0 Å². The number of hydrazine groups is 1. The number of hydrogen-bond donors (Lipinski definition) is 2. The smallest absolute Gasteiger partial charge is 0.269 e. The van der Waals surface area contributed by atoms with E-state index in [1.54, 1.807) is 23.9 Å². The maximum Gasteiger partial charge on any atom is 0.269 e. The number of thioether (sulfide) groups is 1. The first kappa shape index (κ1) is 18.4. The van der Waals surface area contributed by atoms with Crippen LogP contribution in [0.3, 0.4) is 0 Å². The summed E-state index contributed by atoms with van der Waals surface area (Å²) in [5, 5.41) is 9.69. The first-order valence-corrected chi connectivity index (χ1v) is 9.11. The maximum atomic E-state index is 12.3. The SMILES string of the molecule is Cc1cc(Br)ccc1C(=O)NNc1ccc(SC(C)C)c(C#N)c1. The molecule has 2 aromatic carbocycles. The summed E-state index contributed by atoms with van der Waals surface area (Å²) in [4.78, 5) is 13.2. The summed E-state index contributed by atoms with van der Waals surface area (Å²) in [5.41, 5.74) is 8.27. The lowest BCUT2D eigenvalue weighted by Gasteiger charge is -2.12. The molecule has 0 fully saturated rings. The molecule has 2 aromatic rings. The fourth-order valence-electron chi connectivity index (χ4n) is 2.13. The van der Waals surface area contributed by atoms with Crippen molar-refractivity contribution in [2.45, 2.75) is 30.9 Å². The van der Waals surface area contributed by atoms with Crippen LogP contribution in [-0.2, 0) is 0 Å². The van der Waals surface area contributed by atoms with Crippen molar-refractivity contribution in [3.05, 3.63) is 57.6 Å². The van der Waals surface area contributed by atoms with Crippen molar-refractivity contribution in [1.29, 1.82) is 5.26 Å². The van der Waals surface area contributed by atoms with Crippen LogP contribution in [0.4, 0.5) is 5.69 Å². The van der Waals surface area contributed by atoms with E-state index in [0.29, 0.717) is 22.1 Å². The van der Waals surface area contributed by atoms with Gasteiger partial charge in [-0.1, -0.05) is 29.8 Å². The summed E-state index contributed by atoms with van der Waals surface area (Å²) in [6, 6.07) is 13.2. The number of hydrogen-bond acceptors (Lipinski definition) is 4. The fourth-order valence-corrected chi connectivity index (χ4v) is 3.49. The van der Waals surface area contributed by atoms with Crippen molar-refractivity contribution in [2.75, 3.05) is 5.43 Å². The Morgan fingerprint density at radius 3 is 2.62 bits per heavy atom. The molecule has 2 N–H and O–H groups in total.